The predicted molar refractivity (Wildman–Crippen MR) is 52.2 cm³/mol. The number of rotatable bonds is 5. The lowest BCUT2D eigenvalue weighted by Crippen LogP contribution is -2.04. The van der Waals surface area contributed by atoms with Crippen molar-refractivity contribution in [2.24, 2.45) is 0 Å². The maximum atomic E-state index is 9.87. The lowest BCUT2D eigenvalue weighted by atomic mass is 10.2. The average Bonchev–Trinajstić information content (AvgIpc) is 2.03. The Bertz CT molecular complexity index is 221. The summed E-state index contributed by atoms with van der Waals surface area (Å²) in [5.74, 6) is -2.44. The second-order valence-electron chi connectivity index (χ2n) is 2.75. The molecule has 6 heteroatoms. The highest BCUT2D eigenvalue weighted by atomic mass is 16.5. The third kappa shape index (κ3) is 15.4. The Labute approximate surface area is 87.5 Å². The van der Waals surface area contributed by atoms with Gasteiger partial charge in [0.1, 0.15) is 0 Å². The molecule has 0 radical (unpaired) electrons. The Morgan fingerprint density at radius 3 is 1.80 bits per heavy atom. The van der Waals surface area contributed by atoms with Gasteiger partial charge in [0.05, 0.1) is 6.42 Å². The van der Waals surface area contributed by atoms with Gasteiger partial charge in [0.2, 0.25) is 0 Å². The Hall–Kier alpha value is -1.40. The van der Waals surface area contributed by atoms with Gasteiger partial charge in [0, 0.05) is 5.57 Å². The molecule has 6 nitrogen and oxygen atoms in total. The molecule has 0 fully saturated rings. The molecule has 0 rings (SSSR count). The zero-order valence-electron chi connectivity index (χ0n) is 8.51. The second-order valence-corrected chi connectivity index (χ2v) is 2.75. The smallest absolute Gasteiger partial charge is 0.331 e. The van der Waals surface area contributed by atoms with Crippen LogP contribution in [-0.4, -0.2) is 38.7 Å². The molecular weight excluding hydrogens is 204 g/mol. The molecule has 0 aliphatic carbocycles. The molecule has 0 heterocycles. The van der Waals surface area contributed by atoms with Gasteiger partial charge < -0.3 is 20.4 Å². The van der Waals surface area contributed by atoms with Crippen LogP contribution in [0, 0.1) is 0 Å². The lowest BCUT2D eigenvalue weighted by molar-refractivity contribution is -0.139. The topological polar surface area (TPSA) is 115 Å². The summed E-state index contributed by atoms with van der Waals surface area (Å²) in [6.45, 7) is 4.92. The zero-order valence-corrected chi connectivity index (χ0v) is 8.51. The van der Waals surface area contributed by atoms with Gasteiger partial charge in [-0.15, -0.1) is 0 Å². The van der Waals surface area contributed by atoms with E-state index in [-0.39, 0.29) is 5.57 Å². The van der Waals surface area contributed by atoms with Gasteiger partial charge in [-0.25, -0.2) is 4.79 Å². The molecule has 0 saturated heterocycles. The first kappa shape index (κ1) is 16.0. The summed E-state index contributed by atoms with van der Waals surface area (Å²) in [5.41, 5.74) is -0.303. The van der Waals surface area contributed by atoms with Gasteiger partial charge in [-0.3, -0.25) is 4.79 Å². The van der Waals surface area contributed by atoms with Crippen molar-refractivity contribution >= 4 is 11.9 Å². The van der Waals surface area contributed by atoms with E-state index in [2.05, 4.69) is 6.58 Å². The number of carboxylic acids is 2. The molecule has 0 unspecified atom stereocenters. The number of carboxylic acid groups (broad SMARTS) is 2. The van der Waals surface area contributed by atoms with Crippen LogP contribution >= 0.6 is 0 Å². The third-order valence-corrected chi connectivity index (χ3v) is 1.21. The molecule has 0 aromatic carbocycles. The second kappa shape index (κ2) is 9.17. The predicted octanol–water partition coefficient (Wildman–Crippen LogP) is 0.199. The number of aliphatic hydroxyl groups excluding tert-OH is 1. The summed E-state index contributed by atoms with van der Waals surface area (Å²) >= 11 is 0. The maximum absolute atomic E-state index is 9.87. The van der Waals surface area contributed by atoms with Crippen molar-refractivity contribution < 1.29 is 30.0 Å². The molecule has 88 valence electrons. The first-order valence-electron chi connectivity index (χ1n) is 4.30. The van der Waals surface area contributed by atoms with Crippen LogP contribution < -0.4 is 0 Å². The first-order chi connectivity index (χ1) is 6.81. The van der Waals surface area contributed by atoms with Crippen molar-refractivity contribution in [1.29, 1.82) is 0 Å². The highest BCUT2D eigenvalue weighted by molar-refractivity contribution is 5.91. The molecule has 15 heavy (non-hydrogen) atoms. The van der Waals surface area contributed by atoms with Crippen LogP contribution in [0.5, 0.6) is 0 Å². The Balaban J connectivity index is 0. The molecule has 0 aliphatic heterocycles. The summed E-state index contributed by atoms with van der Waals surface area (Å²) in [7, 11) is 0. The number of aliphatic carboxylic acids is 2. The van der Waals surface area contributed by atoms with E-state index in [1.54, 1.807) is 0 Å². The van der Waals surface area contributed by atoms with E-state index < -0.39 is 24.6 Å². The van der Waals surface area contributed by atoms with Crippen LogP contribution in [0.2, 0.25) is 0 Å². The lowest BCUT2D eigenvalue weighted by Gasteiger charge is -1.94. The molecule has 0 aromatic rings. The molecular formula is C9H16O6. The Morgan fingerprint density at radius 2 is 1.73 bits per heavy atom. The average molecular weight is 220 g/mol. The van der Waals surface area contributed by atoms with Gasteiger partial charge in [-0.1, -0.05) is 19.9 Å². The van der Waals surface area contributed by atoms with Gasteiger partial charge in [-0.05, 0) is 6.42 Å². The van der Waals surface area contributed by atoms with Gasteiger partial charge in [-0.2, -0.15) is 0 Å². The van der Waals surface area contributed by atoms with Crippen molar-refractivity contribution in [2.45, 2.75) is 32.5 Å². The molecule has 0 atom stereocenters. The third-order valence-electron chi connectivity index (χ3n) is 1.21. The van der Waals surface area contributed by atoms with E-state index in [1.807, 2.05) is 6.92 Å². The van der Waals surface area contributed by atoms with E-state index in [0.717, 1.165) is 6.42 Å². The normalized spacial score (nSPS) is 9.07. The van der Waals surface area contributed by atoms with E-state index >= 15 is 0 Å². The largest absolute Gasteiger partial charge is 0.481 e. The van der Waals surface area contributed by atoms with Crippen LogP contribution in [0.25, 0.3) is 0 Å². The molecule has 0 spiro atoms. The van der Waals surface area contributed by atoms with Crippen LogP contribution in [-0.2, 0) is 9.59 Å². The van der Waals surface area contributed by atoms with E-state index in [1.165, 1.54) is 0 Å². The van der Waals surface area contributed by atoms with Crippen molar-refractivity contribution in [3.8, 4) is 0 Å². The fourth-order valence-corrected chi connectivity index (χ4v) is 0.516. The summed E-state index contributed by atoms with van der Waals surface area (Å²) in [4.78, 5) is 19.7. The Morgan fingerprint density at radius 1 is 1.27 bits per heavy atom. The minimum atomic E-state index is -1.27. The van der Waals surface area contributed by atoms with E-state index in [9.17, 15) is 9.59 Å². The highest BCUT2D eigenvalue weighted by Crippen LogP contribution is 1.95. The molecule has 0 bridgehead atoms. The van der Waals surface area contributed by atoms with Crippen LogP contribution in [0.15, 0.2) is 12.2 Å². The standard InChI is InChI=1S/C5H6O4.C4H10O2/c1-3(5(8)9)2-4(6)7;1-2-3-4(5)6/h1-2H2,(H,6,7)(H,8,9);4-6H,2-3H2,1H3. The fourth-order valence-electron chi connectivity index (χ4n) is 0.516. The van der Waals surface area contributed by atoms with Gasteiger partial charge in [0.15, 0.2) is 6.29 Å². The summed E-state index contributed by atoms with van der Waals surface area (Å²) in [5, 5.41) is 32.3. The molecule has 0 aliphatic rings. The van der Waals surface area contributed by atoms with Crippen molar-refractivity contribution in [3.63, 3.8) is 0 Å². The zero-order chi connectivity index (χ0) is 12.4. The van der Waals surface area contributed by atoms with E-state index in [4.69, 9.17) is 20.4 Å². The van der Waals surface area contributed by atoms with Crippen molar-refractivity contribution in [2.75, 3.05) is 0 Å². The van der Waals surface area contributed by atoms with Gasteiger partial charge >= 0.3 is 11.9 Å². The minimum absolute atomic E-state index is 0.303. The quantitative estimate of drug-likeness (QED) is 0.388. The van der Waals surface area contributed by atoms with E-state index in [0.29, 0.717) is 6.42 Å². The number of aliphatic hydroxyl groups is 2. The summed E-state index contributed by atoms with van der Waals surface area (Å²) in [6.07, 6.45) is -0.289. The SMILES string of the molecule is C=C(CC(=O)O)C(=O)O.CCCC(O)O. The van der Waals surface area contributed by atoms with Crippen LogP contribution in [0.3, 0.4) is 0 Å². The molecule has 0 aromatic heterocycles. The summed E-state index contributed by atoms with van der Waals surface area (Å²) in [6, 6.07) is 0. The highest BCUT2D eigenvalue weighted by Gasteiger charge is 2.07. The van der Waals surface area contributed by atoms with Crippen LogP contribution in [0.4, 0.5) is 0 Å². The fraction of sp³-hybridized carbons (Fsp3) is 0.556. The maximum Gasteiger partial charge on any atom is 0.331 e. The van der Waals surface area contributed by atoms with Crippen molar-refractivity contribution in [3.05, 3.63) is 12.2 Å². The molecule has 0 saturated carbocycles. The minimum Gasteiger partial charge on any atom is -0.481 e. The monoisotopic (exact) mass is 220 g/mol. The first-order valence-corrected chi connectivity index (χ1v) is 4.30. The van der Waals surface area contributed by atoms with Crippen molar-refractivity contribution in [1.82, 2.24) is 0 Å². The Kier molecular flexibility index (Phi) is 9.81. The molecule has 4 N–H and O–H groups in total. The number of carbonyl (C=O) groups is 2. The molecule has 0 amide bonds. The summed E-state index contributed by atoms with van der Waals surface area (Å²) < 4.78 is 0. The van der Waals surface area contributed by atoms with Crippen LogP contribution in [0.1, 0.15) is 26.2 Å². The van der Waals surface area contributed by atoms with Gasteiger partial charge in [0.25, 0.3) is 0 Å². The number of hydrogen-bond acceptors (Lipinski definition) is 4. The number of hydrogen-bond donors (Lipinski definition) is 4.